The van der Waals surface area contributed by atoms with Gasteiger partial charge in [0.25, 0.3) is 0 Å². The third-order valence-electron chi connectivity index (χ3n) is 3.81. The van der Waals surface area contributed by atoms with Crippen LogP contribution in [-0.4, -0.2) is 29.7 Å². The lowest BCUT2D eigenvalue weighted by Crippen LogP contribution is -2.27. The third kappa shape index (κ3) is 3.56. The lowest BCUT2D eigenvalue weighted by atomic mass is 10.1. The lowest BCUT2D eigenvalue weighted by molar-refractivity contribution is 0.188. The van der Waals surface area contributed by atoms with Crippen LogP contribution in [0.5, 0.6) is 0 Å². The fourth-order valence-corrected chi connectivity index (χ4v) is 2.77. The van der Waals surface area contributed by atoms with E-state index in [1.165, 1.54) is 37.7 Å². The Morgan fingerprint density at radius 3 is 2.78 bits per heavy atom. The normalized spacial score (nSPS) is 14.2. The highest BCUT2D eigenvalue weighted by molar-refractivity contribution is 5.35. The first-order valence-electron chi connectivity index (χ1n) is 7.27. The Bertz CT molecular complexity index is 375. The van der Waals surface area contributed by atoms with Crippen LogP contribution in [0.2, 0.25) is 0 Å². The number of unbranched alkanes of at least 4 members (excludes halogenated alkanes) is 1. The molecule has 0 atom stereocenters. The van der Waals surface area contributed by atoms with Crippen LogP contribution in [0.15, 0.2) is 18.2 Å². The van der Waals surface area contributed by atoms with E-state index in [1.54, 1.807) is 11.1 Å². The Labute approximate surface area is 111 Å². The molecular formula is C16H25NO. The number of aliphatic hydroxyl groups excluding tert-OH is 1. The molecule has 1 aromatic carbocycles. The Hall–Kier alpha value is -0.860. The number of rotatable bonds is 7. The van der Waals surface area contributed by atoms with Crippen molar-refractivity contribution in [1.82, 2.24) is 4.90 Å². The fraction of sp³-hybridized carbons (Fsp3) is 0.625. The van der Waals surface area contributed by atoms with Crippen molar-refractivity contribution in [2.45, 2.75) is 45.6 Å². The lowest BCUT2D eigenvalue weighted by Gasteiger charge is -2.21. The molecule has 2 heteroatoms. The topological polar surface area (TPSA) is 23.5 Å². The first-order chi connectivity index (χ1) is 8.83. The average Bonchev–Trinajstić information content (AvgIpc) is 2.83. The zero-order valence-electron chi connectivity index (χ0n) is 11.5. The molecule has 0 saturated carbocycles. The van der Waals surface area contributed by atoms with Gasteiger partial charge in [-0.1, -0.05) is 31.5 Å². The summed E-state index contributed by atoms with van der Waals surface area (Å²) in [6.07, 6.45) is 6.25. The average molecular weight is 247 g/mol. The SMILES string of the molecule is CCCCN(CCO)Cc1ccc2c(c1)CCC2. The zero-order valence-corrected chi connectivity index (χ0v) is 11.5. The first kappa shape index (κ1) is 13.6. The summed E-state index contributed by atoms with van der Waals surface area (Å²) in [5, 5.41) is 9.13. The van der Waals surface area contributed by atoms with Gasteiger partial charge >= 0.3 is 0 Å². The van der Waals surface area contributed by atoms with Crippen LogP contribution in [0.4, 0.5) is 0 Å². The molecule has 100 valence electrons. The number of hydrogen-bond acceptors (Lipinski definition) is 2. The van der Waals surface area contributed by atoms with Crippen molar-refractivity contribution in [1.29, 1.82) is 0 Å². The molecule has 1 aliphatic rings. The van der Waals surface area contributed by atoms with E-state index >= 15 is 0 Å². The molecule has 0 aliphatic heterocycles. The molecule has 1 N–H and O–H groups in total. The summed E-state index contributed by atoms with van der Waals surface area (Å²) < 4.78 is 0. The minimum Gasteiger partial charge on any atom is -0.395 e. The molecule has 0 spiro atoms. The van der Waals surface area contributed by atoms with Gasteiger partial charge in [0.2, 0.25) is 0 Å². The molecule has 1 aliphatic carbocycles. The van der Waals surface area contributed by atoms with Crippen molar-refractivity contribution < 1.29 is 5.11 Å². The number of fused-ring (bicyclic) bond motifs is 1. The van der Waals surface area contributed by atoms with Gasteiger partial charge in [-0.05, 0) is 48.9 Å². The molecule has 0 saturated heterocycles. The minimum atomic E-state index is 0.259. The summed E-state index contributed by atoms with van der Waals surface area (Å²) in [6, 6.07) is 6.94. The summed E-state index contributed by atoms with van der Waals surface area (Å²) in [7, 11) is 0. The van der Waals surface area contributed by atoms with E-state index < -0.39 is 0 Å². The number of aliphatic hydroxyl groups is 1. The second-order valence-electron chi connectivity index (χ2n) is 5.31. The van der Waals surface area contributed by atoms with Gasteiger partial charge < -0.3 is 5.11 Å². The summed E-state index contributed by atoms with van der Waals surface area (Å²) in [6.45, 7) is 5.33. The van der Waals surface area contributed by atoms with Crippen molar-refractivity contribution in [2.24, 2.45) is 0 Å². The minimum absolute atomic E-state index is 0.259. The van der Waals surface area contributed by atoms with Gasteiger partial charge in [-0.15, -0.1) is 0 Å². The van der Waals surface area contributed by atoms with Gasteiger partial charge in [-0.2, -0.15) is 0 Å². The Morgan fingerprint density at radius 2 is 2.00 bits per heavy atom. The smallest absolute Gasteiger partial charge is 0.0558 e. The Kier molecular flexibility index (Phi) is 5.21. The summed E-state index contributed by atoms with van der Waals surface area (Å²) in [5.41, 5.74) is 4.49. The van der Waals surface area contributed by atoms with Crippen LogP contribution < -0.4 is 0 Å². The van der Waals surface area contributed by atoms with Crippen LogP contribution in [0.1, 0.15) is 42.9 Å². The van der Waals surface area contributed by atoms with Crippen LogP contribution in [0.25, 0.3) is 0 Å². The number of benzene rings is 1. The van der Waals surface area contributed by atoms with Crippen LogP contribution in [0, 0.1) is 0 Å². The van der Waals surface area contributed by atoms with E-state index in [1.807, 2.05) is 0 Å². The molecule has 1 aromatic rings. The summed E-state index contributed by atoms with van der Waals surface area (Å²) >= 11 is 0. The molecule has 18 heavy (non-hydrogen) atoms. The van der Waals surface area contributed by atoms with Crippen molar-refractivity contribution >= 4 is 0 Å². The maximum absolute atomic E-state index is 9.13. The van der Waals surface area contributed by atoms with E-state index in [0.29, 0.717) is 0 Å². The van der Waals surface area contributed by atoms with Crippen LogP contribution >= 0.6 is 0 Å². The predicted molar refractivity (Wildman–Crippen MR) is 75.7 cm³/mol. The third-order valence-corrected chi connectivity index (χ3v) is 3.81. The highest BCUT2D eigenvalue weighted by Gasteiger charge is 2.12. The second kappa shape index (κ2) is 6.91. The van der Waals surface area contributed by atoms with Crippen LogP contribution in [0.3, 0.4) is 0 Å². The van der Waals surface area contributed by atoms with E-state index in [2.05, 4.69) is 30.0 Å². The van der Waals surface area contributed by atoms with Gasteiger partial charge in [0.15, 0.2) is 0 Å². The molecule has 0 aromatic heterocycles. The van der Waals surface area contributed by atoms with Crippen molar-refractivity contribution in [3.63, 3.8) is 0 Å². The van der Waals surface area contributed by atoms with Gasteiger partial charge in [0, 0.05) is 13.1 Å². The van der Waals surface area contributed by atoms with Crippen LogP contribution in [-0.2, 0) is 19.4 Å². The maximum Gasteiger partial charge on any atom is 0.0558 e. The largest absolute Gasteiger partial charge is 0.395 e. The molecule has 0 unspecified atom stereocenters. The molecular weight excluding hydrogens is 222 g/mol. The standard InChI is InChI=1S/C16H25NO/c1-2-3-9-17(10-11-18)13-14-7-8-15-5-4-6-16(15)12-14/h7-8,12,18H,2-6,9-11,13H2,1H3. The Balaban J connectivity index is 1.97. The zero-order chi connectivity index (χ0) is 12.8. The number of aryl methyl sites for hydroxylation is 2. The van der Waals surface area contributed by atoms with Gasteiger partial charge in [0.1, 0.15) is 0 Å². The highest BCUT2D eigenvalue weighted by Crippen LogP contribution is 2.23. The highest BCUT2D eigenvalue weighted by atomic mass is 16.3. The molecule has 0 bridgehead atoms. The predicted octanol–water partition coefficient (Wildman–Crippen LogP) is 2.77. The Morgan fingerprint density at radius 1 is 1.17 bits per heavy atom. The molecule has 2 nitrogen and oxygen atoms in total. The van der Waals surface area contributed by atoms with Gasteiger partial charge in [0.05, 0.1) is 6.61 Å². The van der Waals surface area contributed by atoms with E-state index in [4.69, 9.17) is 5.11 Å². The van der Waals surface area contributed by atoms with Crippen molar-refractivity contribution in [2.75, 3.05) is 19.7 Å². The van der Waals surface area contributed by atoms with Crippen molar-refractivity contribution in [3.8, 4) is 0 Å². The molecule has 0 radical (unpaired) electrons. The quantitative estimate of drug-likeness (QED) is 0.801. The number of nitrogens with zero attached hydrogens (tertiary/aromatic N) is 1. The van der Waals surface area contributed by atoms with E-state index in [9.17, 15) is 0 Å². The second-order valence-corrected chi connectivity index (χ2v) is 5.31. The fourth-order valence-electron chi connectivity index (χ4n) is 2.77. The maximum atomic E-state index is 9.13. The van der Waals surface area contributed by atoms with E-state index in [0.717, 1.165) is 19.6 Å². The molecule has 2 rings (SSSR count). The molecule has 0 heterocycles. The number of hydrogen-bond donors (Lipinski definition) is 1. The van der Waals surface area contributed by atoms with Gasteiger partial charge in [-0.25, -0.2) is 0 Å². The monoisotopic (exact) mass is 247 g/mol. The van der Waals surface area contributed by atoms with Gasteiger partial charge in [-0.3, -0.25) is 4.90 Å². The summed E-state index contributed by atoms with van der Waals surface area (Å²) in [4.78, 5) is 2.36. The molecule has 0 fully saturated rings. The summed E-state index contributed by atoms with van der Waals surface area (Å²) in [5.74, 6) is 0. The molecule has 0 amide bonds. The van der Waals surface area contributed by atoms with Crippen molar-refractivity contribution in [3.05, 3.63) is 34.9 Å². The first-order valence-corrected chi connectivity index (χ1v) is 7.27. The van der Waals surface area contributed by atoms with E-state index in [-0.39, 0.29) is 6.61 Å².